The molecule has 0 radical (unpaired) electrons. The van der Waals surface area contributed by atoms with Crippen molar-refractivity contribution in [2.24, 2.45) is 0 Å². The summed E-state index contributed by atoms with van der Waals surface area (Å²) in [7, 11) is 1.82. The zero-order chi connectivity index (χ0) is 30.8. The van der Waals surface area contributed by atoms with E-state index in [1.165, 1.54) is 41.3 Å². The second kappa shape index (κ2) is 12.1. The smallest absolute Gasteiger partial charge is 0.416 e. The van der Waals surface area contributed by atoms with Gasteiger partial charge in [-0.25, -0.2) is 9.78 Å². The molecule has 3 aromatic rings. The molecule has 2 aromatic carbocycles. The molecule has 220 valence electrons. The molecule has 1 fully saturated rings. The molecule has 42 heavy (non-hydrogen) atoms. The van der Waals surface area contributed by atoms with Crippen LogP contribution in [0.5, 0.6) is 0 Å². The van der Waals surface area contributed by atoms with Gasteiger partial charge in [-0.2, -0.15) is 26.3 Å². The Labute approximate surface area is 245 Å². The minimum atomic E-state index is -5.00. The van der Waals surface area contributed by atoms with Gasteiger partial charge in [-0.3, -0.25) is 9.69 Å². The number of anilines is 1. The molecule has 1 N–H and O–H groups in total. The molecule has 1 saturated heterocycles. The Morgan fingerprint density at radius 2 is 1.64 bits per heavy atom. The maximum absolute atomic E-state index is 13.3. The summed E-state index contributed by atoms with van der Waals surface area (Å²) < 4.78 is 80.1. The SMILES string of the molecule is CN(CCCN1C(=O)C(=Cc2cccc(-c3cc(C(F)(F)F)cc(C(F)(F)F)c3)n2)SC1=S)c1ccc(C(=O)O)cc1. The highest BCUT2D eigenvalue weighted by Crippen LogP contribution is 2.39. The third kappa shape index (κ3) is 7.29. The molecule has 0 saturated carbocycles. The summed E-state index contributed by atoms with van der Waals surface area (Å²) >= 11 is 6.36. The fourth-order valence-electron chi connectivity index (χ4n) is 4.08. The second-order valence-electron chi connectivity index (χ2n) is 9.20. The molecular weight excluding hydrogens is 604 g/mol. The summed E-state index contributed by atoms with van der Waals surface area (Å²) in [6, 6.07) is 11.7. The molecule has 0 spiro atoms. The number of aromatic nitrogens is 1. The maximum atomic E-state index is 13.3. The number of carboxylic acids is 1. The molecule has 6 nitrogen and oxygen atoms in total. The van der Waals surface area contributed by atoms with E-state index in [2.05, 4.69) is 4.98 Å². The molecule has 1 aliphatic heterocycles. The Bertz CT molecular complexity index is 1520. The number of hydrogen-bond acceptors (Lipinski definition) is 6. The molecular formula is C28H21F6N3O3S2. The summed E-state index contributed by atoms with van der Waals surface area (Å²) in [6.07, 6.45) is -8.08. The van der Waals surface area contributed by atoms with Crippen LogP contribution in [0.25, 0.3) is 17.3 Å². The van der Waals surface area contributed by atoms with Gasteiger partial charge in [0.1, 0.15) is 4.32 Å². The van der Waals surface area contributed by atoms with E-state index in [0.717, 1.165) is 17.4 Å². The Balaban J connectivity index is 1.48. The van der Waals surface area contributed by atoms with Crippen molar-refractivity contribution in [1.82, 2.24) is 9.88 Å². The number of nitrogens with zero attached hydrogens (tertiary/aromatic N) is 3. The highest BCUT2D eigenvalue weighted by atomic mass is 32.2. The van der Waals surface area contributed by atoms with Crippen molar-refractivity contribution >= 4 is 51.9 Å². The normalized spacial score (nSPS) is 15.0. The predicted octanol–water partition coefficient (Wildman–Crippen LogP) is 7.21. The molecule has 14 heteroatoms. The number of carbonyl (C=O) groups is 2. The first-order valence-electron chi connectivity index (χ1n) is 12.2. The molecule has 0 atom stereocenters. The summed E-state index contributed by atoms with van der Waals surface area (Å²) in [6.45, 7) is 0.820. The summed E-state index contributed by atoms with van der Waals surface area (Å²) in [4.78, 5) is 31.8. The number of halogens is 6. The van der Waals surface area contributed by atoms with Crippen LogP contribution in [0.3, 0.4) is 0 Å². The fourth-order valence-corrected chi connectivity index (χ4v) is 5.37. The van der Waals surface area contributed by atoms with Crippen LogP contribution >= 0.6 is 24.0 Å². The standard InChI is InChI=1S/C28H21F6N3O3S2/c1-36(21-8-6-16(7-9-21)25(39)40)10-3-11-37-24(38)23(42-26(37)41)15-20-4-2-5-22(35-20)17-12-18(27(29,30)31)14-19(13-17)28(32,33)34/h2,4-9,12-15H,3,10-11H2,1H3,(H,39,40). The van der Waals surface area contributed by atoms with E-state index in [1.807, 2.05) is 11.9 Å². The largest absolute Gasteiger partial charge is 0.478 e. The van der Waals surface area contributed by atoms with Crippen LogP contribution in [0.2, 0.25) is 0 Å². The average Bonchev–Trinajstić information content (AvgIpc) is 3.19. The topological polar surface area (TPSA) is 73.7 Å². The number of carboxylic acid groups (broad SMARTS) is 1. The molecule has 0 bridgehead atoms. The fraction of sp³-hybridized carbons (Fsp3) is 0.214. The Morgan fingerprint density at radius 1 is 1.02 bits per heavy atom. The minimum absolute atomic E-state index is 0.0471. The number of carbonyl (C=O) groups excluding carboxylic acids is 1. The minimum Gasteiger partial charge on any atom is -0.478 e. The van der Waals surface area contributed by atoms with Crippen molar-refractivity contribution in [3.05, 3.63) is 88.0 Å². The van der Waals surface area contributed by atoms with Gasteiger partial charge in [-0.15, -0.1) is 0 Å². The lowest BCUT2D eigenvalue weighted by Gasteiger charge is -2.21. The number of amides is 1. The van der Waals surface area contributed by atoms with Crippen molar-refractivity contribution < 1.29 is 41.0 Å². The Morgan fingerprint density at radius 3 is 2.21 bits per heavy atom. The van der Waals surface area contributed by atoms with Crippen molar-refractivity contribution in [3.63, 3.8) is 0 Å². The molecule has 2 heterocycles. The van der Waals surface area contributed by atoms with Gasteiger partial charge in [0, 0.05) is 31.4 Å². The van der Waals surface area contributed by atoms with E-state index < -0.39 is 35.4 Å². The van der Waals surface area contributed by atoms with E-state index in [0.29, 0.717) is 29.4 Å². The van der Waals surface area contributed by atoms with Crippen molar-refractivity contribution in [2.45, 2.75) is 18.8 Å². The molecule has 0 unspecified atom stereocenters. The molecule has 1 aromatic heterocycles. The van der Waals surface area contributed by atoms with E-state index in [4.69, 9.17) is 17.3 Å². The number of hydrogen-bond donors (Lipinski definition) is 1. The third-order valence-electron chi connectivity index (χ3n) is 6.24. The van der Waals surface area contributed by atoms with Crippen molar-refractivity contribution in [3.8, 4) is 11.3 Å². The van der Waals surface area contributed by atoms with E-state index in [-0.39, 0.29) is 40.0 Å². The van der Waals surface area contributed by atoms with Gasteiger partial charge in [-0.05, 0) is 67.1 Å². The van der Waals surface area contributed by atoms with Gasteiger partial charge in [0.15, 0.2) is 0 Å². The number of aromatic carboxylic acids is 1. The lowest BCUT2D eigenvalue weighted by molar-refractivity contribution is -0.143. The second-order valence-corrected chi connectivity index (χ2v) is 10.9. The van der Waals surface area contributed by atoms with E-state index in [1.54, 1.807) is 12.1 Å². The van der Waals surface area contributed by atoms with Gasteiger partial charge in [0.05, 0.1) is 33.0 Å². The van der Waals surface area contributed by atoms with Gasteiger partial charge in [0.25, 0.3) is 5.91 Å². The summed E-state index contributed by atoms with van der Waals surface area (Å²) in [5.74, 6) is -1.43. The van der Waals surface area contributed by atoms with Crippen molar-refractivity contribution in [1.29, 1.82) is 0 Å². The first-order chi connectivity index (χ1) is 19.6. The number of alkyl halides is 6. The number of benzene rings is 2. The van der Waals surface area contributed by atoms with Gasteiger partial charge in [0.2, 0.25) is 0 Å². The van der Waals surface area contributed by atoms with E-state index in [9.17, 15) is 35.9 Å². The number of rotatable bonds is 8. The number of thioether (sulfide) groups is 1. The average molecular weight is 626 g/mol. The summed E-state index contributed by atoms with van der Waals surface area (Å²) in [5, 5.41) is 9.03. The monoisotopic (exact) mass is 625 g/mol. The number of pyridine rings is 1. The Kier molecular flexibility index (Phi) is 8.97. The lowest BCUT2D eigenvalue weighted by atomic mass is 10.0. The maximum Gasteiger partial charge on any atom is 0.416 e. The zero-order valence-electron chi connectivity index (χ0n) is 21.7. The molecule has 4 rings (SSSR count). The molecule has 1 amide bonds. The predicted molar refractivity (Wildman–Crippen MR) is 151 cm³/mol. The van der Waals surface area contributed by atoms with Gasteiger partial charge >= 0.3 is 18.3 Å². The van der Waals surface area contributed by atoms with Crippen LogP contribution < -0.4 is 4.90 Å². The first-order valence-corrected chi connectivity index (χ1v) is 13.4. The molecule has 0 aliphatic carbocycles. The Hall–Kier alpha value is -3.91. The van der Waals surface area contributed by atoms with Crippen LogP contribution in [-0.4, -0.2) is 51.3 Å². The quantitative estimate of drug-likeness (QED) is 0.161. The van der Waals surface area contributed by atoms with Gasteiger partial charge < -0.3 is 10.0 Å². The zero-order valence-corrected chi connectivity index (χ0v) is 23.3. The third-order valence-corrected chi connectivity index (χ3v) is 7.61. The van der Waals surface area contributed by atoms with Crippen LogP contribution in [0.4, 0.5) is 32.0 Å². The van der Waals surface area contributed by atoms with Crippen molar-refractivity contribution in [2.75, 3.05) is 25.0 Å². The summed E-state index contributed by atoms with van der Waals surface area (Å²) in [5.41, 5.74) is -2.30. The van der Waals surface area contributed by atoms with Crippen LogP contribution in [0.1, 0.15) is 33.6 Å². The van der Waals surface area contributed by atoms with Crippen LogP contribution in [-0.2, 0) is 17.1 Å². The van der Waals surface area contributed by atoms with Crippen LogP contribution in [0, 0.1) is 0 Å². The first kappa shape index (κ1) is 31.0. The lowest BCUT2D eigenvalue weighted by Crippen LogP contribution is -2.31. The highest BCUT2D eigenvalue weighted by Gasteiger charge is 2.37. The van der Waals surface area contributed by atoms with E-state index >= 15 is 0 Å². The molecule has 1 aliphatic rings. The van der Waals surface area contributed by atoms with Crippen LogP contribution in [0.15, 0.2) is 65.6 Å². The van der Waals surface area contributed by atoms with Gasteiger partial charge in [-0.1, -0.05) is 30.0 Å². The highest BCUT2D eigenvalue weighted by molar-refractivity contribution is 8.26. The number of thiocarbonyl (C=S) groups is 1.